The maximum Gasteiger partial charge on any atom is 0.217 e. The van der Waals surface area contributed by atoms with E-state index >= 15 is 0 Å². The highest BCUT2D eigenvalue weighted by Crippen LogP contribution is 2.33. The molecule has 0 bridgehead atoms. The minimum absolute atomic E-state index is 0.00891. The third-order valence-corrected chi connectivity index (χ3v) is 7.14. The number of benzene rings is 1. The number of aryl methyl sites for hydroxylation is 1. The van der Waals surface area contributed by atoms with Crippen molar-refractivity contribution in [2.45, 2.75) is 31.8 Å². The van der Waals surface area contributed by atoms with Crippen molar-refractivity contribution < 1.29 is 13.2 Å². The summed E-state index contributed by atoms with van der Waals surface area (Å²) >= 11 is 0. The molecule has 2 atom stereocenters. The summed E-state index contributed by atoms with van der Waals surface area (Å²) in [5, 5.41) is 2.80. The van der Waals surface area contributed by atoms with Crippen LogP contribution < -0.4 is 10.2 Å². The zero-order valence-corrected chi connectivity index (χ0v) is 16.4. The first kappa shape index (κ1) is 18.0. The lowest BCUT2D eigenvalue weighted by molar-refractivity contribution is -0.119. The summed E-state index contributed by atoms with van der Waals surface area (Å²) in [6, 6.07) is 5.51. The summed E-state index contributed by atoms with van der Waals surface area (Å²) in [6.45, 7) is 2.47. The second-order valence-corrected chi connectivity index (χ2v) is 9.63. The Balaban J connectivity index is 1.72. The summed E-state index contributed by atoms with van der Waals surface area (Å²) in [4.78, 5) is 18.3. The molecule has 0 saturated carbocycles. The normalized spacial score (nSPS) is 23.9. The van der Waals surface area contributed by atoms with Crippen molar-refractivity contribution in [3.05, 3.63) is 36.2 Å². The van der Waals surface area contributed by atoms with E-state index < -0.39 is 15.9 Å². The van der Waals surface area contributed by atoms with Crippen LogP contribution in [0.4, 0.5) is 5.69 Å². The van der Waals surface area contributed by atoms with Crippen molar-refractivity contribution in [2.75, 3.05) is 30.0 Å². The molecule has 4 rings (SSSR count). The fourth-order valence-electron chi connectivity index (χ4n) is 4.23. The summed E-state index contributed by atoms with van der Waals surface area (Å²) < 4.78 is 26.3. The highest BCUT2D eigenvalue weighted by Gasteiger charge is 2.40. The molecule has 2 aromatic rings. The molecule has 0 unspecified atom stereocenters. The number of hydrogen-bond donors (Lipinski definition) is 1. The number of sulfone groups is 1. The lowest BCUT2D eigenvalue weighted by Crippen LogP contribution is -2.39. The fourth-order valence-corrected chi connectivity index (χ4v) is 6.13. The van der Waals surface area contributed by atoms with Gasteiger partial charge in [0.1, 0.15) is 5.82 Å². The van der Waals surface area contributed by atoms with Gasteiger partial charge < -0.3 is 14.8 Å². The molecule has 7 nitrogen and oxygen atoms in total. The Bertz CT molecular complexity index is 983. The van der Waals surface area contributed by atoms with Crippen molar-refractivity contribution in [1.82, 2.24) is 14.9 Å². The largest absolute Gasteiger partial charge is 0.374 e. The highest BCUT2D eigenvalue weighted by molar-refractivity contribution is 7.91. The minimum Gasteiger partial charge on any atom is -0.374 e. The Kier molecular flexibility index (Phi) is 4.46. The first-order chi connectivity index (χ1) is 12.8. The maximum atomic E-state index is 12.2. The van der Waals surface area contributed by atoms with Gasteiger partial charge in [0, 0.05) is 44.2 Å². The molecule has 1 fully saturated rings. The molecule has 1 N–H and O–H groups in total. The Morgan fingerprint density at radius 1 is 1.30 bits per heavy atom. The molecule has 3 heterocycles. The molecule has 1 amide bonds. The van der Waals surface area contributed by atoms with Crippen LogP contribution in [-0.2, 0) is 21.1 Å². The molecule has 2 aliphatic rings. The first-order valence-corrected chi connectivity index (χ1v) is 11.0. The summed E-state index contributed by atoms with van der Waals surface area (Å²) in [5.74, 6) is 0.489. The molecule has 8 heteroatoms. The van der Waals surface area contributed by atoms with Gasteiger partial charge in [-0.05, 0) is 36.6 Å². The predicted molar refractivity (Wildman–Crippen MR) is 105 cm³/mol. The van der Waals surface area contributed by atoms with E-state index in [0.29, 0.717) is 0 Å². The molecule has 1 saturated heterocycles. The van der Waals surface area contributed by atoms with Crippen LogP contribution in [0.15, 0.2) is 30.6 Å². The molecule has 0 spiro atoms. The third-order valence-electron chi connectivity index (χ3n) is 5.43. The number of nitrogens with zero attached hydrogens (tertiary/aromatic N) is 3. The van der Waals surface area contributed by atoms with Crippen molar-refractivity contribution in [2.24, 2.45) is 0 Å². The van der Waals surface area contributed by atoms with Crippen LogP contribution >= 0.6 is 0 Å². The second-order valence-electron chi connectivity index (χ2n) is 7.48. The van der Waals surface area contributed by atoms with Gasteiger partial charge in [-0.1, -0.05) is 0 Å². The standard InChI is InChI=1S/C19H24N4O3S/c1-13(24)21-16-11-27(25,26)12-18(16)23-9-7-20-19(23)15-5-6-17-14(10-15)4-3-8-22(17)2/h5-7,9-10,16,18H,3-4,8,11-12H2,1-2H3,(H,21,24)/t16-,18-/m1/s1. The minimum atomic E-state index is -3.21. The molecular formula is C19H24N4O3S. The van der Waals surface area contributed by atoms with Crippen LogP contribution in [0, 0.1) is 0 Å². The SMILES string of the molecule is CC(=O)N[C@@H]1CS(=O)(=O)C[C@H]1n1ccnc1-c1ccc2c(c1)CCCN2C. The van der Waals surface area contributed by atoms with E-state index in [2.05, 4.69) is 34.4 Å². The van der Waals surface area contributed by atoms with Crippen molar-refractivity contribution >= 4 is 21.4 Å². The Hall–Kier alpha value is -2.35. The van der Waals surface area contributed by atoms with Crippen LogP contribution in [0.2, 0.25) is 0 Å². The number of imidazole rings is 1. The van der Waals surface area contributed by atoms with E-state index in [-0.39, 0.29) is 23.5 Å². The van der Waals surface area contributed by atoms with E-state index in [0.717, 1.165) is 30.8 Å². The number of carbonyl (C=O) groups is 1. The van der Waals surface area contributed by atoms with E-state index in [1.54, 1.807) is 12.4 Å². The Labute approximate surface area is 159 Å². The number of carbonyl (C=O) groups excluding carboxylic acids is 1. The second kappa shape index (κ2) is 6.67. The topological polar surface area (TPSA) is 84.3 Å². The van der Waals surface area contributed by atoms with E-state index in [9.17, 15) is 13.2 Å². The van der Waals surface area contributed by atoms with Crippen LogP contribution in [0.1, 0.15) is 24.9 Å². The van der Waals surface area contributed by atoms with E-state index in [4.69, 9.17) is 0 Å². The van der Waals surface area contributed by atoms with Crippen LogP contribution in [-0.4, -0.2) is 55.0 Å². The zero-order chi connectivity index (χ0) is 19.2. The Morgan fingerprint density at radius 2 is 2.11 bits per heavy atom. The third kappa shape index (κ3) is 3.45. The van der Waals surface area contributed by atoms with Gasteiger partial charge in [0.05, 0.1) is 23.6 Å². The molecule has 2 aliphatic heterocycles. The smallest absolute Gasteiger partial charge is 0.217 e. The molecule has 27 heavy (non-hydrogen) atoms. The first-order valence-electron chi connectivity index (χ1n) is 9.19. The van der Waals surface area contributed by atoms with E-state index in [1.165, 1.54) is 18.2 Å². The number of fused-ring (bicyclic) bond motifs is 1. The highest BCUT2D eigenvalue weighted by atomic mass is 32.2. The summed E-state index contributed by atoms with van der Waals surface area (Å²) in [7, 11) is -1.11. The van der Waals surface area contributed by atoms with Gasteiger partial charge in [-0.15, -0.1) is 0 Å². The Morgan fingerprint density at radius 3 is 2.89 bits per heavy atom. The fraction of sp³-hybridized carbons (Fsp3) is 0.474. The quantitative estimate of drug-likeness (QED) is 0.859. The van der Waals surface area contributed by atoms with Crippen molar-refractivity contribution in [3.8, 4) is 11.4 Å². The number of aromatic nitrogens is 2. The van der Waals surface area contributed by atoms with Crippen LogP contribution in [0.5, 0.6) is 0 Å². The van der Waals surface area contributed by atoms with E-state index in [1.807, 2.05) is 10.6 Å². The van der Waals surface area contributed by atoms with Gasteiger partial charge in [0.25, 0.3) is 0 Å². The molecule has 144 valence electrons. The molecule has 0 aliphatic carbocycles. The van der Waals surface area contributed by atoms with Gasteiger partial charge in [0.2, 0.25) is 5.91 Å². The summed E-state index contributed by atoms with van der Waals surface area (Å²) in [6.07, 6.45) is 5.64. The van der Waals surface area contributed by atoms with Crippen LogP contribution in [0.3, 0.4) is 0 Å². The van der Waals surface area contributed by atoms with Gasteiger partial charge in [-0.25, -0.2) is 13.4 Å². The molecule has 1 aromatic carbocycles. The number of amides is 1. The van der Waals surface area contributed by atoms with Crippen molar-refractivity contribution in [3.63, 3.8) is 0 Å². The molecular weight excluding hydrogens is 364 g/mol. The van der Waals surface area contributed by atoms with Crippen LogP contribution in [0.25, 0.3) is 11.4 Å². The average molecular weight is 388 g/mol. The van der Waals surface area contributed by atoms with Gasteiger partial charge in [-0.3, -0.25) is 4.79 Å². The number of rotatable bonds is 3. The average Bonchev–Trinajstić information content (AvgIpc) is 3.18. The monoisotopic (exact) mass is 388 g/mol. The lowest BCUT2D eigenvalue weighted by atomic mass is 9.99. The number of anilines is 1. The summed E-state index contributed by atoms with van der Waals surface area (Å²) in [5.41, 5.74) is 3.50. The molecule has 1 aromatic heterocycles. The maximum absolute atomic E-state index is 12.2. The number of nitrogens with one attached hydrogen (secondary N) is 1. The van der Waals surface area contributed by atoms with Gasteiger partial charge >= 0.3 is 0 Å². The van der Waals surface area contributed by atoms with Gasteiger partial charge in [0.15, 0.2) is 9.84 Å². The lowest BCUT2D eigenvalue weighted by Gasteiger charge is -2.28. The number of hydrogen-bond acceptors (Lipinski definition) is 5. The van der Waals surface area contributed by atoms with Gasteiger partial charge in [-0.2, -0.15) is 0 Å². The zero-order valence-electron chi connectivity index (χ0n) is 15.6. The predicted octanol–water partition coefficient (Wildman–Crippen LogP) is 1.41. The molecule has 0 radical (unpaired) electrons. The van der Waals surface area contributed by atoms with Crippen molar-refractivity contribution in [1.29, 1.82) is 0 Å².